The van der Waals surface area contributed by atoms with Gasteiger partial charge in [0.25, 0.3) is 0 Å². The van der Waals surface area contributed by atoms with E-state index < -0.39 is 29.6 Å². The van der Waals surface area contributed by atoms with Crippen LogP contribution in [-0.2, 0) is 4.79 Å². The van der Waals surface area contributed by atoms with Crippen molar-refractivity contribution in [2.24, 2.45) is 11.8 Å². The number of likely N-dealkylation sites (tertiary alicyclic amines) is 1. The van der Waals surface area contributed by atoms with Gasteiger partial charge in [-0.3, -0.25) is 4.79 Å². The monoisotopic (exact) mass is 578 g/mol. The molecule has 9 nitrogen and oxygen atoms in total. The van der Waals surface area contributed by atoms with Crippen molar-refractivity contribution in [1.82, 2.24) is 20.4 Å². The normalized spacial score (nSPS) is 19.7. The van der Waals surface area contributed by atoms with E-state index in [2.05, 4.69) is 15.5 Å². The molecule has 3 aromatic rings. The molecule has 0 aliphatic carbocycles. The summed E-state index contributed by atoms with van der Waals surface area (Å²) in [6, 6.07) is 13.5. The molecule has 3 heterocycles. The van der Waals surface area contributed by atoms with Crippen molar-refractivity contribution in [3.8, 4) is 11.8 Å². The second kappa shape index (κ2) is 12.5. The number of carbonyl (C=O) groups excluding carboxylic acids is 2. The van der Waals surface area contributed by atoms with E-state index in [-0.39, 0.29) is 41.6 Å². The zero-order valence-electron chi connectivity index (χ0n) is 22.8. The summed E-state index contributed by atoms with van der Waals surface area (Å²) in [4.78, 5) is 30.0. The van der Waals surface area contributed by atoms with Gasteiger partial charge in [0.15, 0.2) is 23.1 Å². The Kier molecular flexibility index (Phi) is 8.56. The summed E-state index contributed by atoms with van der Waals surface area (Å²) in [7, 11) is 0. The topological polar surface area (TPSA) is 111 Å². The summed E-state index contributed by atoms with van der Waals surface area (Å²) in [6.07, 6.45) is 0.436. The lowest BCUT2D eigenvalue weighted by Gasteiger charge is -2.33. The highest BCUT2D eigenvalue weighted by molar-refractivity contribution is 5.80. The second-order valence-electron chi connectivity index (χ2n) is 10.6. The first-order valence-corrected chi connectivity index (χ1v) is 13.7. The number of anilines is 1. The van der Waals surface area contributed by atoms with Gasteiger partial charge in [-0.25, -0.2) is 18.0 Å². The number of benzene rings is 2. The number of piperidine rings is 1. The van der Waals surface area contributed by atoms with E-state index >= 15 is 0 Å². The van der Waals surface area contributed by atoms with E-state index in [1.165, 1.54) is 30.3 Å². The predicted octanol–water partition coefficient (Wildman–Crippen LogP) is 4.40. The van der Waals surface area contributed by atoms with Crippen LogP contribution in [0.15, 0.2) is 54.6 Å². The highest BCUT2D eigenvalue weighted by atomic mass is 19.2. The molecule has 1 unspecified atom stereocenters. The molecule has 42 heavy (non-hydrogen) atoms. The number of nitriles is 1. The number of hydrogen-bond donors (Lipinski definition) is 1. The molecule has 5 rings (SSSR count). The van der Waals surface area contributed by atoms with Crippen LogP contribution in [0.5, 0.6) is 5.75 Å². The molecule has 2 fully saturated rings. The van der Waals surface area contributed by atoms with Gasteiger partial charge in [-0.05, 0) is 73.9 Å². The average molecular weight is 579 g/mol. The summed E-state index contributed by atoms with van der Waals surface area (Å²) in [5.74, 6) is -2.53. The van der Waals surface area contributed by atoms with Crippen LogP contribution in [0.3, 0.4) is 0 Å². The Morgan fingerprint density at radius 3 is 2.38 bits per heavy atom. The van der Waals surface area contributed by atoms with E-state index in [9.17, 15) is 22.8 Å². The third-order valence-electron chi connectivity index (χ3n) is 7.99. The lowest BCUT2D eigenvalue weighted by molar-refractivity contribution is -0.135. The van der Waals surface area contributed by atoms with Gasteiger partial charge in [0, 0.05) is 50.0 Å². The minimum Gasteiger partial charge on any atom is -0.410 e. The van der Waals surface area contributed by atoms with Crippen LogP contribution in [0.1, 0.15) is 36.9 Å². The van der Waals surface area contributed by atoms with Crippen molar-refractivity contribution in [2.45, 2.75) is 31.7 Å². The molecule has 2 aliphatic rings. The van der Waals surface area contributed by atoms with Crippen LogP contribution in [0, 0.1) is 40.6 Å². The van der Waals surface area contributed by atoms with Crippen LogP contribution in [0.4, 0.5) is 23.8 Å². The van der Waals surface area contributed by atoms with Crippen molar-refractivity contribution in [1.29, 1.82) is 5.26 Å². The van der Waals surface area contributed by atoms with Gasteiger partial charge in [0.2, 0.25) is 5.91 Å². The third kappa shape index (κ3) is 6.46. The van der Waals surface area contributed by atoms with Gasteiger partial charge in [0.1, 0.15) is 17.6 Å². The molecular formula is C30H29F3N6O3. The number of ether oxygens (including phenoxy) is 1. The Morgan fingerprint density at radius 2 is 1.74 bits per heavy atom. The molecule has 0 bridgehead atoms. The Balaban J connectivity index is 1.26. The molecule has 1 aromatic heterocycles. The predicted molar refractivity (Wildman–Crippen MR) is 146 cm³/mol. The first-order valence-electron chi connectivity index (χ1n) is 13.7. The standard InChI is InChI=1S/C30H29F3N6O3/c1-18(35-30(41)42-23-6-3-21(31)4-7-23)24-16-39(17-25(24)20-2-8-26(32)27(33)14-20)29(40)19-10-12-38(13-11-19)28-9-5-22(15-34)36-37-28/h2-9,14,18-19,24-25H,10-13,16-17H2,1H3,(H,35,41)/t18?,24-,25-/m0/s1. The van der Waals surface area contributed by atoms with Gasteiger partial charge in [-0.2, -0.15) is 5.26 Å². The molecule has 0 radical (unpaired) electrons. The maximum absolute atomic E-state index is 14.2. The third-order valence-corrected chi connectivity index (χ3v) is 7.99. The molecule has 2 aliphatic heterocycles. The lowest BCUT2D eigenvalue weighted by atomic mass is 9.84. The van der Waals surface area contributed by atoms with E-state index in [1.807, 2.05) is 11.0 Å². The van der Waals surface area contributed by atoms with Crippen molar-refractivity contribution in [3.63, 3.8) is 0 Å². The molecule has 0 spiro atoms. The van der Waals surface area contributed by atoms with Gasteiger partial charge in [-0.15, -0.1) is 10.2 Å². The largest absolute Gasteiger partial charge is 0.412 e. The SMILES string of the molecule is CC(NC(=O)Oc1ccc(F)cc1)[C@@H]1CN(C(=O)C2CCN(c3ccc(C#N)nn3)CC2)C[C@H]1c1ccc(F)c(F)c1. The number of nitrogens with zero attached hydrogens (tertiary/aromatic N) is 5. The Bertz CT molecular complexity index is 1470. The zero-order chi connectivity index (χ0) is 29.8. The minimum atomic E-state index is -0.981. The Morgan fingerprint density at radius 1 is 1.00 bits per heavy atom. The number of halogens is 3. The maximum atomic E-state index is 14.2. The van der Waals surface area contributed by atoms with Crippen LogP contribution in [-0.4, -0.2) is 59.3 Å². The van der Waals surface area contributed by atoms with Crippen LogP contribution < -0.4 is 15.0 Å². The first-order chi connectivity index (χ1) is 20.2. The molecular weight excluding hydrogens is 549 g/mol. The highest BCUT2D eigenvalue weighted by Gasteiger charge is 2.42. The maximum Gasteiger partial charge on any atom is 0.412 e. The smallest absolute Gasteiger partial charge is 0.410 e. The summed E-state index contributed by atoms with van der Waals surface area (Å²) >= 11 is 0. The summed E-state index contributed by atoms with van der Waals surface area (Å²) in [6.45, 7) is 3.55. The molecule has 3 atom stereocenters. The van der Waals surface area contributed by atoms with Gasteiger partial charge in [-0.1, -0.05) is 6.07 Å². The van der Waals surface area contributed by atoms with Gasteiger partial charge in [0.05, 0.1) is 0 Å². The Hall–Kier alpha value is -4.66. The number of nitrogens with one attached hydrogen (secondary N) is 1. The fourth-order valence-corrected chi connectivity index (χ4v) is 5.71. The molecule has 12 heteroatoms. The quantitative estimate of drug-likeness (QED) is 0.462. The van der Waals surface area contributed by atoms with Crippen molar-refractivity contribution in [3.05, 3.63) is 83.3 Å². The number of hydrogen-bond acceptors (Lipinski definition) is 7. The molecule has 2 aromatic carbocycles. The highest BCUT2D eigenvalue weighted by Crippen LogP contribution is 2.37. The van der Waals surface area contributed by atoms with Crippen molar-refractivity contribution in [2.75, 3.05) is 31.1 Å². The number of carbonyl (C=O) groups is 2. The van der Waals surface area contributed by atoms with Crippen molar-refractivity contribution < 1.29 is 27.5 Å². The zero-order valence-corrected chi connectivity index (χ0v) is 22.8. The summed E-state index contributed by atoms with van der Waals surface area (Å²) in [5.41, 5.74) is 0.763. The summed E-state index contributed by atoms with van der Waals surface area (Å²) in [5, 5.41) is 19.7. The van der Waals surface area contributed by atoms with E-state index in [1.54, 1.807) is 24.0 Å². The van der Waals surface area contributed by atoms with E-state index in [0.29, 0.717) is 43.9 Å². The Labute approximate surface area is 240 Å². The van der Waals surface area contributed by atoms with Gasteiger partial charge >= 0.3 is 6.09 Å². The van der Waals surface area contributed by atoms with Crippen LogP contribution >= 0.6 is 0 Å². The average Bonchev–Trinajstić information content (AvgIpc) is 3.45. The number of rotatable bonds is 6. The lowest BCUT2D eigenvalue weighted by Crippen LogP contribution is -2.44. The summed E-state index contributed by atoms with van der Waals surface area (Å²) < 4.78 is 46.4. The molecule has 218 valence electrons. The molecule has 2 amide bonds. The van der Waals surface area contributed by atoms with Crippen LogP contribution in [0.25, 0.3) is 0 Å². The fourth-order valence-electron chi connectivity index (χ4n) is 5.71. The first kappa shape index (κ1) is 28.9. The van der Waals surface area contributed by atoms with E-state index in [4.69, 9.17) is 10.00 Å². The molecule has 1 N–H and O–H groups in total. The van der Waals surface area contributed by atoms with Crippen molar-refractivity contribution >= 4 is 17.8 Å². The molecule has 0 saturated carbocycles. The van der Waals surface area contributed by atoms with Crippen LogP contribution in [0.2, 0.25) is 0 Å². The number of aromatic nitrogens is 2. The fraction of sp³-hybridized carbons (Fsp3) is 0.367. The van der Waals surface area contributed by atoms with E-state index in [0.717, 1.165) is 12.1 Å². The number of amides is 2. The second-order valence-corrected chi connectivity index (χ2v) is 10.6. The molecule has 2 saturated heterocycles. The van der Waals surface area contributed by atoms with Gasteiger partial charge < -0.3 is 19.9 Å². The minimum absolute atomic E-state index is 0.0308.